The molecule has 2 N–H and O–H groups in total. The molecule has 1 aliphatic heterocycles. The minimum atomic E-state index is -1.03. The van der Waals surface area contributed by atoms with Crippen LogP contribution in [0.25, 0.3) is 16.6 Å². The Labute approximate surface area is 143 Å². The van der Waals surface area contributed by atoms with Crippen LogP contribution >= 0.6 is 0 Å². The van der Waals surface area contributed by atoms with Crippen molar-refractivity contribution < 1.29 is 19.2 Å². The molecule has 0 fully saturated rings. The van der Waals surface area contributed by atoms with Crippen molar-refractivity contribution in [3.63, 3.8) is 0 Å². The number of aromatic nitrogens is 2. The molecule has 10 nitrogen and oxygen atoms in total. The van der Waals surface area contributed by atoms with Gasteiger partial charge in [-0.15, -0.1) is 0 Å². The van der Waals surface area contributed by atoms with E-state index in [1.54, 1.807) is 0 Å². The summed E-state index contributed by atoms with van der Waals surface area (Å²) in [7, 11) is 0. The van der Waals surface area contributed by atoms with Crippen LogP contribution < -0.4 is 16.0 Å². The van der Waals surface area contributed by atoms with E-state index < -0.39 is 22.4 Å². The van der Waals surface area contributed by atoms with E-state index in [0.717, 1.165) is 10.6 Å². The predicted octanol–water partition coefficient (Wildman–Crippen LogP) is 1.30. The summed E-state index contributed by atoms with van der Waals surface area (Å²) in [6.45, 7) is 0. The number of nitro groups is 1. The molecule has 0 unspecified atom stereocenters. The van der Waals surface area contributed by atoms with Crippen LogP contribution in [0.5, 0.6) is 5.75 Å². The maximum atomic E-state index is 12.8. The molecule has 10 heteroatoms. The number of nitrogens with two attached hydrogens (primary N) is 1. The third kappa shape index (κ3) is 2.13. The largest absolute Gasteiger partial charge is 0.410 e. The molecule has 1 amide bonds. The number of benzene rings is 2. The molecule has 26 heavy (non-hydrogen) atoms. The van der Waals surface area contributed by atoms with Crippen molar-refractivity contribution in [2.24, 2.45) is 5.73 Å². The van der Waals surface area contributed by atoms with Crippen molar-refractivity contribution in [1.29, 1.82) is 0 Å². The van der Waals surface area contributed by atoms with Crippen molar-refractivity contribution in [2.45, 2.75) is 0 Å². The number of ether oxygens (including phenoxy) is 1. The van der Waals surface area contributed by atoms with Crippen LogP contribution in [0.1, 0.15) is 16.2 Å². The molecule has 3 aromatic rings. The Bertz CT molecular complexity index is 1210. The summed E-state index contributed by atoms with van der Waals surface area (Å²) in [4.78, 5) is 50.7. The summed E-state index contributed by atoms with van der Waals surface area (Å²) in [6, 6.07) is 7.73. The molecule has 2 aromatic carbocycles. The second kappa shape index (κ2) is 5.21. The van der Waals surface area contributed by atoms with Crippen molar-refractivity contribution in [3.8, 4) is 11.4 Å². The van der Waals surface area contributed by atoms with Gasteiger partial charge >= 0.3 is 6.09 Å². The molecule has 0 spiro atoms. The maximum absolute atomic E-state index is 12.8. The highest BCUT2D eigenvalue weighted by atomic mass is 16.6. The van der Waals surface area contributed by atoms with E-state index in [1.165, 1.54) is 30.3 Å². The Balaban J connectivity index is 1.97. The zero-order chi connectivity index (χ0) is 18.6. The van der Waals surface area contributed by atoms with Crippen LogP contribution in [0.3, 0.4) is 0 Å². The van der Waals surface area contributed by atoms with Crippen LogP contribution in [-0.4, -0.2) is 26.4 Å². The zero-order valence-electron chi connectivity index (χ0n) is 12.8. The monoisotopic (exact) mass is 352 g/mol. The van der Waals surface area contributed by atoms with E-state index in [9.17, 15) is 24.5 Å². The fraction of sp³-hybridized carbons (Fsp3) is 0. The normalized spacial score (nSPS) is 11.9. The average Bonchev–Trinajstić information content (AvgIpc) is 2.86. The van der Waals surface area contributed by atoms with Crippen LogP contribution in [0.15, 0.2) is 41.2 Å². The molecule has 0 aliphatic carbocycles. The Kier molecular flexibility index (Phi) is 3.09. The third-order valence-electron chi connectivity index (χ3n) is 3.94. The Hall–Kier alpha value is -4.08. The number of primary amides is 1. The summed E-state index contributed by atoms with van der Waals surface area (Å²) in [5, 5.41) is 11.1. The predicted molar refractivity (Wildman–Crippen MR) is 87.6 cm³/mol. The van der Waals surface area contributed by atoms with Gasteiger partial charge in [-0.1, -0.05) is 0 Å². The molecule has 0 atom stereocenters. The number of fused-ring (bicyclic) bond motifs is 4. The first-order valence-corrected chi connectivity index (χ1v) is 7.24. The van der Waals surface area contributed by atoms with Crippen LogP contribution in [0.4, 0.5) is 10.5 Å². The van der Waals surface area contributed by atoms with Crippen LogP contribution in [-0.2, 0) is 0 Å². The first-order valence-electron chi connectivity index (χ1n) is 7.24. The van der Waals surface area contributed by atoms with E-state index >= 15 is 0 Å². The van der Waals surface area contributed by atoms with E-state index in [-0.39, 0.29) is 39.4 Å². The molecule has 4 rings (SSSR count). The molecule has 128 valence electrons. The molecule has 1 aromatic heterocycles. The van der Waals surface area contributed by atoms with Gasteiger partial charge in [0.2, 0.25) is 5.78 Å². The van der Waals surface area contributed by atoms with Crippen molar-refractivity contribution >= 4 is 28.5 Å². The Morgan fingerprint density at radius 3 is 2.65 bits per heavy atom. The lowest BCUT2D eigenvalue weighted by atomic mass is 10.1. The number of nitro benzene ring substituents is 1. The van der Waals surface area contributed by atoms with Crippen LogP contribution in [0, 0.1) is 10.1 Å². The van der Waals surface area contributed by atoms with Gasteiger partial charge in [-0.2, -0.15) is 0 Å². The summed E-state index contributed by atoms with van der Waals surface area (Å²) >= 11 is 0. The summed E-state index contributed by atoms with van der Waals surface area (Å²) in [5.41, 5.74) is 4.55. The number of hydrogen-bond donors (Lipinski definition) is 1. The standard InChI is InChI=1S/C16H8N4O6/c17-16(23)26-8-2-3-9-11(6-8)18-14-13(21)10-5-7(20(24)25)1-4-12(10)19(14)15(9)22/h1-6H,(H2,17,23). The lowest BCUT2D eigenvalue weighted by Crippen LogP contribution is -2.21. The van der Waals surface area contributed by atoms with Gasteiger partial charge in [0.25, 0.3) is 11.2 Å². The van der Waals surface area contributed by atoms with Gasteiger partial charge in [0.15, 0.2) is 5.82 Å². The number of amides is 1. The number of ketones is 1. The van der Waals surface area contributed by atoms with Crippen molar-refractivity contribution in [1.82, 2.24) is 9.55 Å². The number of non-ortho nitro benzene ring substituents is 1. The SMILES string of the molecule is NC(=O)Oc1ccc2c(=O)n3c(nc2c1)C(=O)c1cc([N+](=O)[O-])ccc1-3. The number of rotatable bonds is 2. The molecule has 2 heterocycles. The van der Waals surface area contributed by atoms with Gasteiger partial charge < -0.3 is 10.5 Å². The van der Waals surface area contributed by atoms with Gasteiger partial charge in [0.05, 0.1) is 27.1 Å². The zero-order valence-corrected chi connectivity index (χ0v) is 12.8. The van der Waals surface area contributed by atoms with E-state index in [4.69, 9.17) is 10.5 Å². The molecule has 0 radical (unpaired) electrons. The number of carbonyl (C=O) groups is 2. The summed E-state index contributed by atoms with van der Waals surface area (Å²) in [5.74, 6) is -0.710. The minimum Gasteiger partial charge on any atom is -0.410 e. The molecular weight excluding hydrogens is 344 g/mol. The Morgan fingerprint density at radius 1 is 1.19 bits per heavy atom. The third-order valence-corrected chi connectivity index (χ3v) is 3.94. The highest BCUT2D eigenvalue weighted by Gasteiger charge is 2.32. The number of hydrogen-bond acceptors (Lipinski definition) is 7. The van der Waals surface area contributed by atoms with Gasteiger partial charge in [0.1, 0.15) is 5.75 Å². The van der Waals surface area contributed by atoms with E-state index in [0.29, 0.717) is 0 Å². The number of nitrogens with zero attached hydrogens (tertiary/aromatic N) is 3. The average molecular weight is 352 g/mol. The summed E-state index contributed by atoms with van der Waals surface area (Å²) in [6.07, 6.45) is -1.03. The fourth-order valence-corrected chi connectivity index (χ4v) is 2.86. The smallest absolute Gasteiger partial charge is 0.409 e. The first kappa shape index (κ1) is 15.4. The number of carbonyl (C=O) groups excluding carboxylic acids is 2. The first-order chi connectivity index (χ1) is 12.4. The second-order valence-corrected chi connectivity index (χ2v) is 5.46. The second-order valence-electron chi connectivity index (χ2n) is 5.46. The Morgan fingerprint density at radius 2 is 1.96 bits per heavy atom. The van der Waals surface area contributed by atoms with Crippen molar-refractivity contribution in [3.05, 3.63) is 68.3 Å². The molecule has 1 aliphatic rings. The topological polar surface area (TPSA) is 147 Å². The molecule has 0 saturated heterocycles. The molecular formula is C16H8N4O6. The highest BCUT2D eigenvalue weighted by Crippen LogP contribution is 2.30. The highest BCUT2D eigenvalue weighted by molar-refractivity contribution is 6.13. The van der Waals surface area contributed by atoms with Crippen molar-refractivity contribution in [2.75, 3.05) is 0 Å². The fourth-order valence-electron chi connectivity index (χ4n) is 2.86. The van der Waals surface area contributed by atoms with E-state index in [2.05, 4.69) is 4.98 Å². The summed E-state index contributed by atoms with van der Waals surface area (Å²) < 4.78 is 5.85. The lowest BCUT2D eigenvalue weighted by molar-refractivity contribution is -0.384. The minimum absolute atomic E-state index is 0.0210. The van der Waals surface area contributed by atoms with E-state index in [1.807, 2.05) is 0 Å². The van der Waals surface area contributed by atoms with Gasteiger partial charge in [0, 0.05) is 18.2 Å². The van der Waals surface area contributed by atoms with Gasteiger partial charge in [-0.05, 0) is 18.2 Å². The van der Waals surface area contributed by atoms with Gasteiger partial charge in [-0.3, -0.25) is 24.3 Å². The quantitative estimate of drug-likeness (QED) is 0.422. The molecule has 0 bridgehead atoms. The van der Waals surface area contributed by atoms with Crippen LogP contribution in [0.2, 0.25) is 0 Å². The van der Waals surface area contributed by atoms with Gasteiger partial charge in [-0.25, -0.2) is 9.78 Å². The lowest BCUT2D eigenvalue weighted by Gasteiger charge is -2.06. The maximum Gasteiger partial charge on any atom is 0.409 e. The molecule has 0 saturated carbocycles.